The summed E-state index contributed by atoms with van der Waals surface area (Å²) < 4.78 is 35.9. The Kier molecular flexibility index (Phi) is 6.40. The van der Waals surface area contributed by atoms with Crippen LogP contribution < -0.4 is 0 Å². The minimum atomic E-state index is -3.67. The molecule has 1 saturated carbocycles. The van der Waals surface area contributed by atoms with E-state index in [1.54, 1.807) is 41.3 Å². The standard InChI is InChI=1S/C25H32N4O3S/c1-27-18-23(16-26-27)22-15-25(29(19-22)33(30,31)24-5-3-2-4-6-24)21-9-7-20(8-10-21)17-28-11-13-32-14-12-28/h2-6,15-16,18-21H,7-14,17H2,1H3. The average Bonchev–Trinajstić information content (AvgIpc) is 3.48. The van der Waals surface area contributed by atoms with Crippen molar-refractivity contribution in [3.05, 3.63) is 60.7 Å². The Bertz CT molecular complexity index is 1170. The molecule has 0 amide bonds. The summed E-state index contributed by atoms with van der Waals surface area (Å²) in [6, 6.07) is 10.8. The van der Waals surface area contributed by atoms with Gasteiger partial charge in [0.05, 0.1) is 24.3 Å². The van der Waals surface area contributed by atoms with E-state index in [1.807, 2.05) is 19.3 Å². The average molecular weight is 469 g/mol. The number of hydrogen-bond acceptors (Lipinski definition) is 5. The highest BCUT2D eigenvalue weighted by Gasteiger charge is 2.30. The van der Waals surface area contributed by atoms with Crippen molar-refractivity contribution in [3.8, 4) is 11.1 Å². The van der Waals surface area contributed by atoms with Gasteiger partial charge in [0.25, 0.3) is 10.0 Å². The van der Waals surface area contributed by atoms with E-state index in [-0.39, 0.29) is 5.92 Å². The van der Waals surface area contributed by atoms with Crippen LogP contribution in [0, 0.1) is 5.92 Å². The van der Waals surface area contributed by atoms with Crippen LogP contribution >= 0.6 is 0 Å². The van der Waals surface area contributed by atoms with Gasteiger partial charge < -0.3 is 4.74 Å². The molecular formula is C25H32N4O3S. The van der Waals surface area contributed by atoms with Gasteiger partial charge in [-0.2, -0.15) is 5.10 Å². The topological polar surface area (TPSA) is 69.4 Å². The van der Waals surface area contributed by atoms with E-state index < -0.39 is 10.0 Å². The van der Waals surface area contributed by atoms with Crippen LogP contribution in [0.3, 0.4) is 0 Å². The third-order valence-corrected chi connectivity index (χ3v) is 8.74. The molecule has 1 aliphatic heterocycles. The lowest BCUT2D eigenvalue weighted by atomic mass is 9.80. The number of benzene rings is 1. The van der Waals surface area contributed by atoms with E-state index in [9.17, 15) is 8.42 Å². The second-order valence-electron chi connectivity index (χ2n) is 9.30. The summed E-state index contributed by atoms with van der Waals surface area (Å²) >= 11 is 0. The maximum absolute atomic E-state index is 13.6. The monoisotopic (exact) mass is 468 g/mol. The fraction of sp³-hybridized carbons (Fsp3) is 0.480. The zero-order chi connectivity index (χ0) is 22.8. The Morgan fingerprint density at radius 2 is 1.73 bits per heavy atom. The number of ether oxygens (including phenoxy) is 1. The summed E-state index contributed by atoms with van der Waals surface area (Å²) in [6.07, 6.45) is 9.76. The van der Waals surface area contributed by atoms with Crippen molar-refractivity contribution >= 4 is 10.0 Å². The first-order valence-corrected chi connectivity index (χ1v) is 13.3. The lowest BCUT2D eigenvalue weighted by Crippen LogP contribution is -2.40. The molecule has 176 valence electrons. The largest absolute Gasteiger partial charge is 0.379 e. The molecule has 0 spiro atoms. The lowest BCUT2D eigenvalue weighted by molar-refractivity contribution is 0.0273. The van der Waals surface area contributed by atoms with Gasteiger partial charge in [0.15, 0.2) is 0 Å². The zero-order valence-electron chi connectivity index (χ0n) is 19.1. The molecule has 0 unspecified atom stereocenters. The highest BCUT2D eigenvalue weighted by atomic mass is 32.2. The van der Waals surface area contributed by atoms with Gasteiger partial charge in [-0.25, -0.2) is 12.4 Å². The summed E-state index contributed by atoms with van der Waals surface area (Å²) in [4.78, 5) is 2.83. The SMILES string of the molecule is Cn1cc(-c2cc(C3CCC(CN4CCOCC4)CC3)n(S(=O)(=O)c3ccccc3)c2)cn1. The number of nitrogens with zero attached hydrogens (tertiary/aromatic N) is 4. The van der Waals surface area contributed by atoms with Crippen LogP contribution in [0.25, 0.3) is 11.1 Å². The number of rotatable bonds is 6. The van der Waals surface area contributed by atoms with E-state index >= 15 is 0 Å². The second-order valence-corrected chi connectivity index (χ2v) is 11.1. The van der Waals surface area contributed by atoms with Crippen molar-refractivity contribution in [2.24, 2.45) is 13.0 Å². The first-order chi connectivity index (χ1) is 16.0. The molecule has 7 nitrogen and oxygen atoms in total. The van der Waals surface area contributed by atoms with Crippen molar-refractivity contribution in [1.82, 2.24) is 18.7 Å². The normalized spacial score (nSPS) is 22.5. The summed E-state index contributed by atoms with van der Waals surface area (Å²) in [6.45, 7) is 4.83. The van der Waals surface area contributed by atoms with E-state index in [2.05, 4.69) is 16.1 Å². The molecule has 0 N–H and O–H groups in total. The smallest absolute Gasteiger partial charge is 0.267 e. The zero-order valence-corrected chi connectivity index (χ0v) is 20.0. The Morgan fingerprint density at radius 3 is 2.39 bits per heavy atom. The third-order valence-electron chi connectivity index (χ3n) is 7.04. The van der Waals surface area contributed by atoms with Crippen molar-refractivity contribution in [2.45, 2.75) is 36.5 Å². The van der Waals surface area contributed by atoms with E-state index in [0.717, 1.165) is 75.4 Å². The van der Waals surface area contributed by atoms with Crippen LogP contribution in [0.1, 0.15) is 37.3 Å². The number of morpholine rings is 1. The predicted octanol–water partition coefficient (Wildman–Crippen LogP) is 3.73. The third kappa shape index (κ3) is 4.78. The van der Waals surface area contributed by atoms with Crippen LogP contribution in [0.4, 0.5) is 0 Å². The first-order valence-electron chi connectivity index (χ1n) is 11.8. The fourth-order valence-corrected chi connectivity index (χ4v) is 6.65. The van der Waals surface area contributed by atoms with Gasteiger partial charge in [0.2, 0.25) is 0 Å². The van der Waals surface area contributed by atoms with Crippen molar-refractivity contribution in [2.75, 3.05) is 32.8 Å². The van der Waals surface area contributed by atoms with Crippen LogP contribution in [-0.2, 0) is 21.8 Å². The van der Waals surface area contributed by atoms with Gasteiger partial charge in [-0.3, -0.25) is 9.58 Å². The minimum Gasteiger partial charge on any atom is -0.379 e. The van der Waals surface area contributed by atoms with Gasteiger partial charge in [-0.15, -0.1) is 0 Å². The second kappa shape index (κ2) is 9.44. The molecule has 3 heterocycles. The van der Waals surface area contributed by atoms with Crippen molar-refractivity contribution in [1.29, 1.82) is 0 Å². The van der Waals surface area contributed by atoms with Gasteiger partial charge in [0, 0.05) is 61.8 Å². The molecule has 2 fully saturated rings. The van der Waals surface area contributed by atoms with Gasteiger partial charge in [-0.05, 0) is 49.8 Å². The highest BCUT2D eigenvalue weighted by Crippen LogP contribution is 2.39. The minimum absolute atomic E-state index is 0.231. The summed E-state index contributed by atoms with van der Waals surface area (Å²) in [5, 5.41) is 4.27. The fourth-order valence-electron chi connectivity index (χ4n) is 5.19. The van der Waals surface area contributed by atoms with Crippen LogP contribution in [0.15, 0.2) is 59.9 Å². The molecule has 0 atom stereocenters. The Balaban J connectivity index is 1.41. The van der Waals surface area contributed by atoms with E-state index in [0.29, 0.717) is 10.8 Å². The molecule has 0 bridgehead atoms. The molecule has 1 aromatic carbocycles. The Morgan fingerprint density at radius 1 is 1.00 bits per heavy atom. The molecular weight excluding hydrogens is 436 g/mol. The van der Waals surface area contributed by atoms with Crippen molar-refractivity contribution < 1.29 is 13.2 Å². The van der Waals surface area contributed by atoms with E-state index in [1.165, 1.54) is 3.97 Å². The van der Waals surface area contributed by atoms with Crippen LogP contribution in [-0.4, -0.2) is 59.9 Å². The molecule has 5 rings (SSSR count). The quantitative estimate of drug-likeness (QED) is 0.551. The van der Waals surface area contributed by atoms with Crippen molar-refractivity contribution in [3.63, 3.8) is 0 Å². The first kappa shape index (κ1) is 22.4. The van der Waals surface area contributed by atoms with Gasteiger partial charge in [0.1, 0.15) is 0 Å². The molecule has 8 heteroatoms. The Labute approximate surface area is 196 Å². The molecule has 1 aliphatic carbocycles. The Hall–Kier alpha value is -2.42. The molecule has 2 aromatic heterocycles. The summed E-state index contributed by atoms with van der Waals surface area (Å²) in [5.41, 5.74) is 2.72. The molecule has 1 saturated heterocycles. The molecule has 33 heavy (non-hydrogen) atoms. The molecule has 0 radical (unpaired) electrons. The molecule has 3 aromatic rings. The maximum Gasteiger partial charge on any atom is 0.267 e. The van der Waals surface area contributed by atoms with Crippen LogP contribution in [0.2, 0.25) is 0 Å². The van der Waals surface area contributed by atoms with E-state index in [4.69, 9.17) is 4.74 Å². The van der Waals surface area contributed by atoms with Gasteiger partial charge in [-0.1, -0.05) is 18.2 Å². The molecule has 2 aliphatic rings. The number of aryl methyl sites for hydroxylation is 1. The summed E-state index contributed by atoms with van der Waals surface area (Å²) in [7, 11) is -1.80. The van der Waals surface area contributed by atoms with Crippen LogP contribution in [0.5, 0.6) is 0 Å². The van der Waals surface area contributed by atoms with Gasteiger partial charge >= 0.3 is 0 Å². The highest BCUT2D eigenvalue weighted by molar-refractivity contribution is 7.90. The summed E-state index contributed by atoms with van der Waals surface area (Å²) in [5.74, 6) is 0.904. The number of aromatic nitrogens is 3. The predicted molar refractivity (Wildman–Crippen MR) is 128 cm³/mol. The lowest BCUT2D eigenvalue weighted by Gasteiger charge is -2.34. The maximum atomic E-state index is 13.6. The number of hydrogen-bond donors (Lipinski definition) is 0.